The highest BCUT2D eigenvalue weighted by Gasteiger charge is 2.36. The van der Waals surface area contributed by atoms with E-state index in [1.807, 2.05) is 27.7 Å². The van der Waals surface area contributed by atoms with Crippen molar-refractivity contribution in [3.8, 4) is 0 Å². The van der Waals surface area contributed by atoms with E-state index in [-0.39, 0.29) is 16.8 Å². The summed E-state index contributed by atoms with van der Waals surface area (Å²) in [6.45, 7) is 7.33. The van der Waals surface area contributed by atoms with Crippen molar-refractivity contribution in [2.45, 2.75) is 63.6 Å². The zero-order chi connectivity index (χ0) is 17.3. The van der Waals surface area contributed by atoms with Gasteiger partial charge in [-0.1, -0.05) is 17.7 Å². The lowest BCUT2D eigenvalue weighted by Crippen LogP contribution is -2.28. The molecule has 0 spiro atoms. The van der Waals surface area contributed by atoms with Crippen LogP contribution >= 0.6 is 0 Å². The number of rotatable bonds is 4. The highest BCUT2D eigenvalue weighted by atomic mass is 32.2. The zero-order valence-corrected chi connectivity index (χ0v) is 14.9. The quantitative estimate of drug-likeness (QED) is 0.622. The molecule has 6 heteroatoms. The second-order valence-corrected chi connectivity index (χ2v) is 8.60. The lowest BCUT2D eigenvalue weighted by molar-refractivity contribution is -0.159. The monoisotopic (exact) mass is 340 g/mol. The van der Waals surface area contributed by atoms with Crippen LogP contribution in [-0.4, -0.2) is 26.1 Å². The standard InChI is InChI=1S/C17H24O5S/c1-12-5-9-15(10-6-12)23(19,20)22-14-8-7-13(11-14)16(18)21-17(2,3)4/h5-6,9-10,13-14H,7-8,11H2,1-4H3. The Hall–Kier alpha value is -1.40. The molecule has 5 nitrogen and oxygen atoms in total. The molecule has 0 aromatic heterocycles. The SMILES string of the molecule is Cc1ccc(S(=O)(=O)OC2CCC(C(=O)OC(C)(C)C)C2)cc1. The summed E-state index contributed by atoms with van der Waals surface area (Å²) in [7, 11) is -3.80. The van der Waals surface area contributed by atoms with E-state index in [1.54, 1.807) is 12.1 Å². The van der Waals surface area contributed by atoms with Gasteiger partial charge in [-0.05, 0) is 59.1 Å². The van der Waals surface area contributed by atoms with Crippen LogP contribution in [0.4, 0.5) is 0 Å². The predicted octanol–water partition coefficient (Wildman–Crippen LogP) is 3.21. The predicted molar refractivity (Wildman–Crippen MR) is 86.4 cm³/mol. The number of hydrogen-bond acceptors (Lipinski definition) is 5. The van der Waals surface area contributed by atoms with E-state index in [9.17, 15) is 13.2 Å². The van der Waals surface area contributed by atoms with Crippen LogP contribution in [-0.2, 0) is 23.8 Å². The normalized spacial score (nSPS) is 22.1. The lowest BCUT2D eigenvalue weighted by atomic mass is 10.1. The van der Waals surface area contributed by atoms with Gasteiger partial charge in [0.05, 0.1) is 16.9 Å². The molecule has 1 aliphatic carbocycles. The molecule has 0 amide bonds. The summed E-state index contributed by atoms with van der Waals surface area (Å²) in [5, 5.41) is 0. The van der Waals surface area contributed by atoms with E-state index < -0.39 is 21.8 Å². The van der Waals surface area contributed by atoms with Crippen LogP contribution in [0, 0.1) is 12.8 Å². The molecule has 23 heavy (non-hydrogen) atoms. The van der Waals surface area contributed by atoms with Crippen molar-refractivity contribution in [1.29, 1.82) is 0 Å². The van der Waals surface area contributed by atoms with Crippen molar-refractivity contribution in [3.05, 3.63) is 29.8 Å². The van der Waals surface area contributed by atoms with Gasteiger partial charge in [0.1, 0.15) is 5.60 Å². The fourth-order valence-electron chi connectivity index (χ4n) is 2.57. The second kappa shape index (κ2) is 6.61. The van der Waals surface area contributed by atoms with Crippen LogP contribution in [0.2, 0.25) is 0 Å². The van der Waals surface area contributed by atoms with Crippen LogP contribution in [0.3, 0.4) is 0 Å². The first-order chi connectivity index (χ1) is 10.6. The van der Waals surface area contributed by atoms with Gasteiger partial charge in [0.15, 0.2) is 0 Å². The Kier molecular flexibility index (Phi) is 5.16. The molecule has 1 aliphatic rings. The molecular formula is C17H24O5S. The Bertz CT molecular complexity index is 655. The highest BCUT2D eigenvalue weighted by molar-refractivity contribution is 7.86. The van der Waals surface area contributed by atoms with E-state index in [2.05, 4.69) is 0 Å². The van der Waals surface area contributed by atoms with Crippen molar-refractivity contribution in [2.75, 3.05) is 0 Å². The smallest absolute Gasteiger partial charge is 0.309 e. The van der Waals surface area contributed by atoms with E-state index in [0.29, 0.717) is 19.3 Å². The van der Waals surface area contributed by atoms with Crippen molar-refractivity contribution >= 4 is 16.1 Å². The second-order valence-electron chi connectivity index (χ2n) is 7.03. The lowest BCUT2D eigenvalue weighted by Gasteiger charge is -2.22. The zero-order valence-electron chi connectivity index (χ0n) is 14.0. The van der Waals surface area contributed by atoms with Crippen molar-refractivity contribution in [3.63, 3.8) is 0 Å². The molecule has 0 aliphatic heterocycles. The van der Waals surface area contributed by atoms with Crippen LogP contribution < -0.4 is 0 Å². The summed E-state index contributed by atoms with van der Waals surface area (Å²) in [4.78, 5) is 12.2. The Labute approximate surface area is 138 Å². The van der Waals surface area contributed by atoms with Gasteiger partial charge in [-0.25, -0.2) is 0 Å². The molecule has 1 saturated carbocycles. The average Bonchev–Trinajstić information content (AvgIpc) is 2.85. The first-order valence-electron chi connectivity index (χ1n) is 7.80. The molecule has 0 saturated heterocycles. The van der Waals surface area contributed by atoms with E-state index in [4.69, 9.17) is 8.92 Å². The minimum Gasteiger partial charge on any atom is -0.460 e. The van der Waals surface area contributed by atoms with E-state index >= 15 is 0 Å². The van der Waals surface area contributed by atoms with Gasteiger partial charge in [-0.2, -0.15) is 8.42 Å². The van der Waals surface area contributed by atoms with Gasteiger partial charge in [-0.3, -0.25) is 8.98 Å². The number of carbonyl (C=O) groups is 1. The third-order valence-electron chi connectivity index (χ3n) is 3.70. The number of esters is 1. The first-order valence-corrected chi connectivity index (χ1v) is 9.20. The largest absolute Gasteiger partial charge is 0.460 e. The summed E-state index contributed by atoms with van der Waals surface area (Å²) in [5.41, 5.74) is 0.444. The third kappa shape index (κ3) is 5.04. The average molecular weight is 340 g/mol. The molecule has 0 heterocycles. The molecule has 1 aromatic rings. The number of aryl methyl sites for hydroxylation is 1. The fraction of sp³-hybridized carbons (Fsp3) is 0.588. The van der Waals surface area contributed by atoms with E-state index in [0.717, 1.165) is 5.56 Å². The van der Waals surface area contributed by atoms with Gasteiger partial charge < -0.3 is 4.74 Å². The molecule has 2 atom stereocenters. The minimum atomic E-state index is -3.80. The maximum Gasteiger partial charge on any atom is 0.309 e. The summed E-state index contributed by atoms with van der Waals surface area (Å²) in [6, 6.07) is 6.53. The molecule has 0 radical (unpaired) electrons. The summed E-state index contributed by atoms with van der Waals surface area (Å²) in [6.07, 6.45) is 1.02. The number of benzene rings is 1. The van der Waals surface area contributed by atoms with Gasteiger partial charge in [0, 0.05) is 0 Å². The number of carbonyl (C=O) groups excluding carboxylic acids is 1. The van der Waals surface area contributed by atoms with Gasteiger partial charge in [-0.15, -0.1) is 0 Å². The van der Waals surface area contributed by atoms with Crippen LogP contribution in [0.15, 0.2) is 29.2 Å². The highest BCUT2D eigenvalue weighted by Crippen LogP contribution is 2.32. The van der Waals surface area contributed by atoms with Crippen LogP contribution in [0.5, 0.6) is 0 Å². The van der Waals surface area contributed by atoms with Crippen molar-refractivity contribution in [1.82, 2.24) is 0 Å². The number of hydrogen-bond donors (Lipinski definition) is 0. The Morgan fingerprint density at radius 1 is 1.13 bits per heavy atom. The van der Waals surface area contributed by atoms with Crippen LogP contribution in [0.1, 0.15) is 45.6 Å². The Balaban J connectivity index is 1.97. The topological polar surface area (TPSA) is 69.7 Å². The molecule has 0 bridgehead atoms. The molecular weight excluding hydrogens is 316 g/mol. The maximum atomic E-state index is 12.3. The molecule has 2 rings (SSSR count). The van der Waals surface area contributed by atoms with E-state index in [1.165, 1.54) is 12.1 Å². The molecule has 1 fully saturated rings. The summed E-state index contributed by atoms with van der Waals surface area (Å²) >= 11 is 0. The summed E-state index contributed by atoms with van der Waals surface area (Å²) < 4.78 is 35.2. The number of ether oxygens (including phenoxy) is 1. The summed E-state index contributed by atoms with van der Waals surface area (Å²) in [5.74, 6) is -0.580. The molecule has 0 N–H and O–H groups in total. The van der Waals surface area contributed by atoms with Crippen molar-refractivity contribution < 1.29 is 22.1 Å². The molecule has 2 unspecified atom stereocenters. The van der Waals surface area contributed by atoms with Crippen LogP contribution in [0.25, 0.3) is 0 Å². The molecule has 128 valence electrons. The Morgan fingerprint density at radius 3 is 2.30 bits per heavy atom. The van der Waals surface area contributed by atoms with Crippen molar-refractivity contribution in [2.24, 2.45) is 5.92 Å². The molecule has 1 aromatic carbocycles. The third-order valence-corrected chi connectivity index (χ3v) is 5.07. The minimum absolute atomic E-state index is 0.142. The maximum absolute atomic E-state index is 12.3. The van der Waals surface area contributed by atoms with Gasteiger partial charge >= 0.3 is 5.97 Å². The van der Waals surface area contributed by atoms with Gasteiger partial charge in [0.2, 0.25) is 0 Å². The first kappa shape index (κ1) is 17.9. The Morgan fingerprint density at radius 2 is 1.74 bits per heavy atom. The fourth-order valence-corrected chi connectivity index (χ4v) is 3.68. The van der Waals surface area contributed by atoms with Gasteiger partial charge in [0.25, 0.3) is 10.1 Å².